The van der Waals surface area contributed by atoms with E-state index in [-0.39, 0.29) is 0 Å². The first-order valence-electron chi connectivity index (χ1n) is 5.17. The predicted molar refractivity (Wildman–Crippen MR) is 68.0 cm³/mol. The van der Waals surface area contributed by atoms with Crippen molar-refractivity contribution in [1.82, 2.24) is 4.98 Å². The van der Waals surface area contributed by atoms with Gasteiger partial charge in [-0.2, -0.15) is 0 Å². The monoisotopic (exact) mass is 213 g/mol. The second kappa shape index (κ2) is 3.85. The van der Waals surface area contributed by atoms with Crippen LogP contribution in [0.3, 0.4) is 0 Å². The fourth-order valence-electron chi connectivity index (χ4n) is 1.83. The minimum absolute atomic E-state index is 0.450. The van der Waals surface area contributed by atoms with Crippen LogP contribution in [0.5, 0.6) is 0 Å². The first-order valence-corrected chi connectivity index (χ1v) is 5.17. The summed E-state index contributed by atoms with van der Waals surface area (Å²) < 4.78 is 0. The van der Waals surface area contributed by atoms with Crippen LogP contribution in [0, 0.1) is 13.8 Å². The molecule has 1 aromatic carbocycles. The molecule has 2 rings (SSSR count). The number of nitrogens with two attached hydrogens (primary N) is 2. The van der Waals surface area contributed by atoms with Gasteiger partial charge in [-0.1, -0.05) is 23.8 Å². The maximum atomic E-state index is 5.87. The number of hydrogen-bond acceptors (Lipinski definition) is 3. The lowest BCUT2D eigenvalue weighted by Gasteiger charge is -2.09. The number of aryl methyl sites for hydroxylation is 2. The molecule has 0 amide bonds. The van der Waals surface area contributed by atoms with Crippen molar-refractivity contribution < 1.29 is 0 Å². The zero-order chi connectivity index (χ0) is 11.7. The number of rotatable bonds is 1. The zero-order valence-corrected chi connectivity index (χ0v) is 9.49. The maximum Gasteiger partial charge on any atom is 0.133 e. The summed E-state index contributed by atoms with van der Waals surface area (Å²) in [5.41, 5.74) is 15.9. The van der Waals surface area contributed by atoms with Gasteiger partial charge in [-0.05, 0) is 37.1 Å². The molecule has 0 aliphatic heterocycles. The number of benzene rings is 1. The topological polar surface area (TPSA) is 64.9 Å². The van der Waals surface area contributed by atoms with Crippen molar-refractivity contribution in [3.05, 3.63) is 41.5 Å². The number of pyridine rings is 1. The Morgan fingerprint density at radius 2 is 1.62 bits per heavy atom. The molecule has 2 aromatic rings. The van der Waals surface area contributed by atoms with Gasteiger partial charge in [-0.3, -0.25) is 0 Å². The van der Waals surface area contributed by atoms with Crippen LogP contribution in [0.15, 0.2) is 30.3 Å². The van der Waals surface area contributed by atoms with Crippen LogP contribution in [-0.2, 0) is 0 Å². The molecule has 0 saturated heterocycles. The van der Waals surface area contributed by atoms with E-state index in [0.29, 0.717) is 11.6 Å². The van der Waals surface area contributed by atoms with Crippen LogP contribution in [0.25, 0.3) is 11.1 Å². The zero-order valence-electron chi connectivity index (χ0n) is 9.49. The van der Waals surface area contributed by atoms with Crippen molar-refractivity contribution in [2.24, 2.45) is 0 Å². The summed E-state index contributed by atoms with van der Waals surface area (Å²) in [4.78, 5) is 4.07. The highest BCUT2D eigenvalue weighted by Crippen LogP contribution is 2.28. The van der Waals surface area contributed by atoms with Crippen molar-refractivity contribution in [3.8, 4) is 11.1 Å². The van der Waals surface area contributed by atoms with Crippen molar-refractivity contribution in [2.45, 2.75) is 13.8 Å². The Hall–Kier alpha value is -2.03. The molecule has 0 atom stereocenters. The number of nitrogen functional groups attached to an aromatic ring is 2. The molecule has 1 heterocycles. The first-order chi connectivity index (χ1) is 7.58. The molecule has 0 fully saturated rings. The second-order valence-electron chi connectivity index (χ2n) is 3.99. The number of hydrogen-bond donors (Lipinski definition) is 2. The second-order valence-corrected chi connectivity index (χ2v) is 3.99. The fourth-order valence-corrected chi connectivity index (χ4v) is 1.83. The summed E-state index contributed by atoms with van der Waals surface area (Å²) in [5.74, 6) is 0.929. The van der Waals surface area contributed by atoms with E-state index in [0.717, 1.165) is 11.1 Å². The summed E-state index contributed by atoms with van der Waals surface area (Å²) >= 11 is 0. The van der Waals surface area contributed by atoms with Gasteiger partial charge in [-0.15, -0.1) is 0 Å². The Morgan fingerprint density at radius 3 is 2.25 bits per heavy atom. The van der Waals surface area contributed by atoms with Crippen LogP contribution in [0.2, 0.25) is 0 Å². The Labute approximate surface area is 95.1 Å². The van der Waals surface area contributed by atoms with Crippen LogP contribution >= 0.6 is 0 Å². The van der Waals surface area contributed by atoms with Gasteiger partial charge in [0.2, 0.25) is 0 Å². The van der Waals surface area contributed by atoms with Crippen LogP contribution in [0.1, 0.15) is 11.1 Å². The third-order valence-corrected chi connectivity index (χ3v) is 2.62. The molecule has 3 heteroatoms. The molecule has 4 N–H and O–H groups in total. The molecule has 82 valence electrons. The highest BCUT2D eigenvalue weighted by Gasteiger charge is 2.06. The van der Waals surface area contributed by atoms with Crippen molar-refractivity contribution >= 4 is 11.6 Å². The van der Waals surface area contributed by atoms with E-state index in [1.807, 2.05) is 6.07 Å². The Bertz CT molecular complexity index is 483. The van der Waals surface area contributed by atoms with Gasteiger partial charge in [-0.25, -0.2) is 4.98 Å². The van der Waals surface area contributed by atoms with Crippen LogP contribution in [0.4, 0.5) is 11.6 Å². The third-order valence-electron chi connectivity index (χ3n) is 2.62. The van der Waals surface area contributed by atoms with Gasteiger partial charge in [0.15, 0.2) is 0 Å². The van der Waals surface area contributed by atoms with Crippen LogP contribution in [-0.4, -0.2) is 4.98 Å². The maximum absolute atomic E-state index is 5.87. The lowest BCUT2D eigenvalue weighted by Crippen LogP contribution is -1.99. The summed E-state index contributed by atoms with van der Waals surface area (Å²) in [5, 5.41) is 0. The van der Waals surface area contributed by atoms with Gasteiger partial charge in [0, 0.05) is 5.56 Å². The van der Waals surface area contributed by atoms with Crippen molar-refractivity contribution in [3.63, 3.8) is 0 Å². The standard InChI is InChI=1S/C13H15N3/c1-8-3-4-10(9(2)7-8)11-5-6-12(14)16-13(11)15/h3-7H,1-2H3,(H4,14,15,16). The van der Waals surface area contributed by atoms with Gasteiger partial charge >= 0.3 is 0 Å². The largest absolute Gasteiger partial charge is 0.384 e. The van der Waals surface area contributed by atoms with Gasteiger partial charge in [0.05, 0.1) is 0 Å². The lowest BCUT2D eigenvalue weighted by atomic mass is 9.99. The third kappa shape index (κ3) is 1.84. The van der Waals surface area contributed by atoms with E-state index < -0.39 is 0 Å². The summed E-state index contributed by atoms with van der Waals surface area (Å²) in [6.07, 6.45) is 0. The molecular weight excluding hydrogens is 198 g/mol. The highest BCUT2D eigenvalue weighted by atomic mass is 14.9. The lowest BCUT2D eigenvalue weighted by molar-refractivity contribution is 1.32. The molecule has 0 spiro atoms. The minimum atomic E-state index is 0.450. The molecule has 16 heavy (non-hydrogen) atoms. The van der Waals surface area contributed by atoms with Gasteiger partial charge in [0.25, 0.3) is 0 Å². The predicted octanol–water partition coefficient (Wildman–Crippen LogP) is 2.53. The van der Waals surface area contributed by atoms with E-state index in [1.165, 1.54) is 11.1 Å². The van der Waals surface area contributed by atoms with E-state index in [2.05, 4.69) is 37.0 Å². The van der Waals surface area contributed by atoms with Crippen molar-refractivity contribution in [2.75, 3.05) is 11.5 Å². The number of nitrogens with zero attached hydrogens (tertiary/aromatic N) is 1. The van der Waals surface area contributed by atoms with Gasteiger partial charge < -0.3 is 11.5 Å². The SMILES string of the molecule is Cc1ccc(-c2ccc(N)nc2N)c(C)c1. The van der Waals surface area contributed by atoms with Gasteiger partial charge in [0.1, 0.15) is 11.6 Å². The molecule has 0 unspecified atom stereocenters. The Balaban J connectivity index is 2.59. The normalized spacial score (nSPS) is 10.4. The first kappa shape index (κ1) is 10.5. The molecule has 3 nitrogen and oxygen atoms in total. The fraction of sp³-hybridized carbons (Fsp3) is 0.154. The minimum Gasteiger partial charge on any atom is -0.384 e. The highest BCUT2D eigenvalue weighted by molar-refractivity contribution is 5.77. The van der Waals surface area contributed by atoms with E-state index in [1.54, 1.807) is 6.07 Å². The molecule has 0 saturated carbocycles. The van der Waals surface area contributed by atoms with E-state index >= 15 is 0 Å². The average Bonchev–Trinajstić information content (AvgIpc) is 2.19. The Kier molecular flexibility index (Phi) is 2.52. The summed E-state index contributed by atoms with van der Waals surface area (Å²) in [7, 11) is 0. The number of aromatic nitrogens is 1. The quantitative estimate of drug-likeness (QED) is 0.765. The molecule has 0 radical (unpaired) electrons. The van der Waals surface area contributed by atoms with Crippen LogP contribution < -0.4 is 11.5 Å². The summed E-state index contributed by atoms with van der Waals surface area (Å²) in [6.45, 7) is 4.14. The summed E-state index contributed by atoms with van der Waals surface area (Å²) in [6, 6.07) is 9.94. The molecule has 0 bridgehead atoms. The smallest absolute Gasteiger partial charge is 0.133 e. The average molecular weight is 213 g/mol. The Morgan fingerprint density at radius 1 is 0.938 bits per heavy atom. The molecular formula is C13H15N3. The molecule has 0 aliphatic carbocycles. The van der Waals surface area contributed by atoms with E-state index in [9.17, 15) is 0 Å². The van der Waals surface area contributed by atoms with Crippen molar-refractivity contribution in [1.29, 1.82) is 0 Å². The molecule has 1 aromatic heterocycles. The number of anilines is 2. The molecule has 0 aliphatic rings. The van der Waals surface area contributed by atoms with E-state index in [4.69, 9.17) is 11.5 Å².